The van der Waals surface area contributed by atoms with Crippen molar-refractivity contribution in [1.29, 1.82) is 5.26 Å². The summed E-state index contributed by atoms with van der Waals surface area (Å²) in [6.07, 6.45) is 6.11. The molecule has 120 valence electrons. The standard InChI is InChI=1S/C17H14N4OS2/c18-9-12(16-20-13-3-1-2-4-15(13)24-16)14(22)10-23-17-19-7-8-21(17)11-5-6-11/h1-4,7-8,11,22H,5-6,10H2. The average molecular weight is 354 g/mol. The van der Waals surface area contributed by atoms with Gasteiger partial charge < -0.3 is 9.67 Å². The SMILES string of the molecule is N#CC(=C(O)CSc1nccn1C1CC1)c1nc2ccccc2s1. The lowest BCUT2D eigenvalue weighted by Gasteiger charge is -2.05. The molecular weight excluding hydrogens is 340 g/mol. The Hall–Kier alpha value is -2.30. The molecule has 0 unspecified atom stereocenters. The van der Waals surface area contributed by atoms with Crippen molar-refractivity contribution in [2.45, 2.75) is 24.0 Å². The lowest BCUT2D eigenvalue weighted by Crippen LogP contribution is -1.98. The largest absolute Gasteiger partial charge is 0.510 e. The molecule has 1 aliphatic rings. The summed E-state index contributed by atoms with van der Waals surface area (Å²) in [6, 6.07) is 10.4. The molecule has 1 fully saturated rings. The first-order valence-electron chi connectivity index (χ1n) is 7.60. The summed E-state index contributed by atoms with van der Waals surface area (Å²) in [4.78, 5) is 8.79. The predicted octanol–water partition coefficient (Wildman–Crippen LogP) is 4.41. The highest BCUT2D eigenvalue weighted by atomic mass is 32.2. The summed E-state index contributed by atoms with van der Waals surface area (Å²) < 4.78 is 3.15. The summed E-state index contributed by atoms with van der Waals surface area (Å²) in [7, 11) is 0. The fraction of sp³-hybridized carbons (Fsp3) is 0.235. The number of nitriles is 1. The maximum atomic E-state index is 10.4. The first-order valence-corrected chi connectivity index (χ1v) is 9.40. The number of aliphatic hydroxyl groups excluding tert-OH is 1. The van der Waals surface area contributed by atoms with Gasteiger partial charge in [-0.2, -0.15) is 5.26 Å². The number of hydrogen-bond acceptors (Lipinski definition) is 6. The van der Waals surface area contributed by atoms with Crippen LogP contribution in [-0.2, 0) is 0 Å². The van der Waals surface area contributed by atoms with Crippen LogP contribution in [0.15, 0.2) is 47.6 Å². The van der Waals surface area contributed by atoms with E-state index in [0.717, 1.165) is 15.4 Å². The molecule has 2 heterocycles. The highest BCUT2D eigenvalue weighted by Gasteiger charge is 2.25. The molecule has 1 N–H and O–H groups in total. The number of rotatable bonds is 5. The molecule has 4 rings (SSSR count). The van der Waals surface area contributed by atoms with Crippen molar-refractivity contribution in [3.63, 3.8) is 0 Å². The predicted molar refractivity (Wildman–Crippen MR) is 96.0 cm³/mol. The Morgan fingerprint density at radius 3 is 3.00 bits per heavy atom. The van der Waals surface area contributed by atoms with Crippen LogP contribution in [0.3, 0.4) is 0 Å². The van der Waals surface area contributed by atoms with Gasteiger partial charge in [0.25, 0.3) is 0 Å². The molecule has 0 atom stereocenters. The summed E-state index contributed by atoms with van der Waals surface area (Å²) in [5.74, 6) is 0.356. The molecule has 3 aromatic rings. The number of aliphatic hydroxyl groups is 1. The van der Waals surface area contributed by atoms with E-state index < -0.39 is 0 Å². The van der Waals surface area contributed by atoms with Crippen molar-refractivity contribution in [1.82, 2.24) is 14.5 Å². The second-order valence-electron chi connectivity index (χ2n) is 5.56. The summed E-state index contributed by atoms with van der Waals surface area (Å²) >= 11 is 2.86. The van der Waals surface area contributed by atoms with Gasteiger partial charge >= 0.3 is 0 Å². The summed E-state index contributed by atoms with van der Waals surface area (Å²) in [5.41, 5.74) is 1.09. The number of fused-ring (bicyclic) bond motifs is 1. The Morgan fingerprint density at radius 1 is 1.42 bits per heavy atom. The molecule has 0 amide bonds. The van der Waals surface area contributed by atoms with Crippen molar-refractivity contribution >= 4 is 38.9 Å². The molecule has 0 radical (unpaired) electrons. The van der Waals surface area contributed by atoms with Crippen LogP contribution in [0.1, 0.15) is 23.9 Å². The molecule has 0 aliphatic heterocycles. The zero-order valence-electron chi connectivity index (χ0n) is 12.7. The highest BCUT2D eigenvalue weighted by molar-refractivity contribution is 7.99. The molecule has 7 heteroatoms. The number of aromatic nitrogens is 3. The number of thioether (sulfide) groups is 1. The second kappa shape index (κ2) is 6.30. The van der Waals surface area contributed by atoms with Crippen LogP contribution >= 0.6 is 23.1 Å². The third-order valence-corrected chi connectivity index (χ3v) is 5.87. The van der Waals surface area contributed by atoms with E-state index in [2.05, 4.69) is 20.6 Å². The monoisotopic (exact) mass is 354 g/mol. The molecular formula is C17H14N4OS2. The maximum absolute atomic E-state index is 10.4. The number of benzene rings is 1. The van der Waals surface area contributed by atoms with Crippen LogP contribution in [0, 0.1) is 11.3 Å². The van der Waals surface area contributed by atoms with Crippen molar-refractivity contribution in [2.75, 3.05) is 5.75 Å². The van der Waals surface area contributed by atoms with Gasteiger partial charge in [0.15, 0.2) is 5.16 Å². The second-order valence-corrected chi connectivity index (χ2v) is 7.53. The number of thiazole rings is 1. The normalized spacial score (nSPS) is 15.3. The molecule has 2 aromatic heterocycles. The molecule has 0 bridgehead atoms. The number of imidazole rings is 1. The fourth-order valence-corrected chi connectivity index (χ4v) is 4.35. The Morgan fingerprint density at radius 2 is 2.25 bits per heavy atom. The minimum Gasteiger partial charge on any atom is -0.510 e. The molecule has 1 aromatic carbocycles. The first-order chi connectivity index (χ1) is 11.8. The minimum absolute atomic E-state index is 0.0481. The smallest absolute Gasteiger partial charge is 0.168 e. The van der Waals surface area contributed by atoms with Gasteiger partial charge in [0.05, 0.1) is 16.0 Å². The summed E-state index contributed by atoms with van der Waals surface area (Å²) in [5, 5.41) is 21.3. The van der Waals surface area contributed by atoms with Gasteiger partial charge in [-0.25, -0.2) is 9.97 Å². The van der Waals surface area contributed by atoms with Gasteiger partial charge in [0, 0.05) is 18.4 Å². The van der Waals surface area contributed by atoms with E-state index in [9.17, 15) is 10.4 Å². The van der Waals surface area contributed by atoms with Crippen molar-refractivity contribution in [3.05, 3.63) is 47.4 Å². The summed E-state index contributed by atoms with van der Waals surface area (Å²) in [6.45, 7) is 0. The van der Waals surface area contributed by atoms with Gasteiger partial charge in [-0.05, 0) is 25.0 Å². The van der Waals surface area contributed by atoms with Crippen LogP contribution < -0.4 is 0 Å². The molecule has 0 saturated heterocycles. The molecule has 5 nitrogen and oxygen atoms in total. The fourth-order valence-electron chi connectivity index (χ4n) is 2.46. The van der Waals surface area contributed by atoms with E-state index in [1.165, 1.54) is 35.9 Å². The van der Waals surface area contributed by atoms with Crippen LogP contribution in [0.5, 0.6) is 0 Å². The zero-order chi connectivity index (χ0) is 16.5. The lowest BCUT2D eigenvalue weighted by molar-refractivity contribution is 0.420. The zero-order valence-corrected chi connectivity index (χ0v) is 14.3. The van der Waals surface area contributed by atoms with Crippen molar-refractivity contribution < 1.29 is 5.11 Å². The Bertz CT molecular complexity index is 929. The van der Waals surface area contributed by atoms with Gasteiger partial charge in [-0.15, -0.1) is 11.3 Å². The molecule has 1 aliphatic carbocycles. The number of hydrogen-bond donors (Lipinski definition) is 1. The van der Waals surface area contributed by atoms with E-state index in [-0.39, 0.29) is 11.3 Å². The number of nitrogens with zero attached hydrogens (tertiary/aromatic N) is 4. The quantitative estimate of drug-likeness (QED) is 0.417. The minimum atomic E-state index is 0.0481. The molecule has 1 saturated carbocycles. The maximum Gasteiger partial charge on any atom is 0.168 e. The van der Waals surface area contributed by atoms with E-state index >= 15 is 0 Å². The number of allylic oxidation sites excluding steroid dienone is 1. The molecule has 24 heavy (non-hydrogen) atoms. The van der Waals surface area contributed by atoms with Crippen molar-refractivity contribution in [2.24, 2.45) is 0 Å². The van der Waals surface area contributed by atoms with E-state index in [0.29, 0.717) is 16.8 Å². The third kappa shape index (κ3) is 2.90. The van der Waals surface area contributed by atoms with E-state index in [1.54, 1.807) is 6.20 Å². The van der Waals surface area contributed by atoms with Crippen molar-refractivity contribution in [3.8, 4) is 6.07 Å². The average Bonchev–Trinajstić information content (AvgIpc) is 3.18. The van der Waals surface area contributed by atoms with Crippen LogP contribution in [0.4, 0.5) is 0 Å². The van der Waals surface area contributed by atoms with E-state index in [4.69, 9.17) is 0 Å². The van der Waals surface area contributed by atoms with Gasteiger partial charge in [-0.3, -0.25) is 0 Å². The van der Waals surface area contributed by atoms with Gasteiger partial charge in [0.1, 0.15) is 22.4 Å². The van der Waals surface area contributed by atoms with Crippen LogP contribution in [-0.4, -0.2) is 25.4 Å². The van der Waals surface area contributed by atoms with Gasteiger partial charge in [-0.1, -0.05) is 23.9 Å². The van der Waals surface area contributed by atoms with Gasteiger partial charge in [0.2, 0.25) is 0 Å². The third-order valence-electron chi connectivity index (χ3n) is 3.82. The topological polar surface area (TPSA) is 74.7 Å². The molecule has 0 spiro atoms. The highest BCUT2D eigenvalue weighted by Crippen LogP contribution is 2.38. The van der Waals surface area contributed by atoms with Crippen LogP contribution in [0.25, 0.3) is 15.8 Å². The van der Waals surface area contributed by atoms with E-state index in [1.807, 2.05) is 30.5 Å². The Balaban J connectivity index is 1.58. The van der Waals surface area contributed by atoms with Crippen LogP contribution in [0.2, 0.25) is 0 Å². The first kappa shape index (κ1) is 15.2. The lowest BCUT2D eigenvalue weighted by atomic mass is 10.2. The number of para-hydroxylation sites is 1. The Kier molecular flexibility index (Phi) is 4.00. The Labute approximate surface area is 147 Å².